The third kappa shape index (κ3) is 11.1. The minimum absolute atomic E-state index is 0.00110. The minimum atomic E-state index is -1.12. The normalized spacial score (nSPS) is 13.2. The van der Waals surface area contributed by atoms with Crippen molar-refractivity contribution in [1.82, 2.24) is 5.32 Å². The van der Waals surface area contributed by atoms with Crippen LogP contribution in [0.1, 0.15) is 53.0 Å². The van der Waals surface area contributed by atoms with Crippen LogP contribution in [0.3, 0.4) is 0 Å². The maximum absolute atomic E-state index is 12.1. The second kappa shape index (κ2) is 15.5. The second-order valence-corrected chi connectivity index (χ2v) is 7.79. The molecule has 0 bridgehead atoms. The first kappa shape index (κ1) is 29.7. The highest BCUT2D eigenvalue weighted by Crippen LogP contribution is 2.30. The van der Waals surface area contributed by atoms with Crippen molar-refractivity contribution in [3.63, 3.8) is 0 Å². The van der Waals surface area contributed by atoms with Gasteiger partial charge in [-0.25, -0.2) is 9.59 Å². The molecule has 0 heterocycles. The van der Waals surface area contributed by atoms with E-state index >= 15 is 0 Å². The van der Waals surface area contributed by atoms with Gasteiger partial charge in [0.2, 0.25) is 0 Å². The number of rotatable bonds is 14. The fourth-order valence-electron chi connectivity index (χ4n) is 3.02. The van der Waals surface area contributed by atoms with Crippen molar-refractivity contribution in [3.05, 3.63) is 23.8 Å². The monoisotopic (exact) mass is 497 g/mol. The standard InChI is InChI=1S/C24H35NO10/c1-6-9-15(4)22(28)33-16(5)14-25-18(21(26)27)12-17-10-11-19(34-23(29)31-7-2)20(13-17)35-24(30)32-8-3/h10-11,13,15-16,18,25H,6-9,12,14H2,1-5H3,(H,26,27)/t15?,16?,18-/m0/s1. The number of aliphatic carboxylic acids is 1. The lowest BCUT2D eigenvalue weighted by molar-refractivity contribution is -0.152. The summed E-state index contributed by atoms with van der Waals surface area (Å²) in [5.41, 5.74) is 0.474. The van der Waals surface area contributed by atoms with Crippen LogP contribution in [-0.2, 0) is 30.2 Å². The van der Waals surface area contributed by atoms with Crippen LogP contribution < -0.4 is 14.8 Å². The van der Waals surface area contributed by atoms with E-state index in [0.29, 0.717) is 12.0 Å². The van der Waals surface area contributed by atoms with Gasteiger partial charge in [-0.15, -0.1) is 0 Å². The van der Waals surface area contributed by atoms with Crippen LogP contribution in [0.5, 0.6) is 11.5 Å². The molecular weight excluding hydrogens is 462 g/mol. The number of carboxylic acid groups (broad SMARTS) is 1. The average Bonchev–Trinajstić information content (AvgIpc) is 2.78. The summed E-state index contributed by atoms with van der Waals surface area (Å²) in [4.78, 5) is 47.4. The number of hydrogen-bond acceptors (Lipinski definition) is 10. The van der Waals surface area contributed by atoms with E-state index in [0.717, 1.165) is 6.42 Å². The minimum Gasteiger partial charge on any atom is -0.480 e. The Bertz CT molecular complexity index is 857. The van der Waals surface area contributed by atoms with Crippen LogP contribution in [-0.4, -0.2) is 61.3 Å². The van der Waals surface area contributed by atoms with Gasteiger partial charge in [0.05, 0.1) is 19.1 Å². The highest BCUT2D eigenvalue weighted by Gasteiger charge is 2.23. The first-order valence-corrected chi connectivity index (χ1v) is 11.6. The van der Waals surface area contributed by atoms with Gasteiger partial charge < -0.3 is 34.1 Å². The quantitative estimate of drug-likeness (QED) is 0.220. The fraction of sp³-hybridized carbons (Fsp3) is 0.583. The van der Waals surface area contributed by atoms with Crippen molar-refractivity contribution in [2.24, 2.45) is 5.92 Å². The molecule has 1 aromatic rings. The molecule has 196 valence electrons. The Kier molecular flexibility index (Phi) is 13.2. The summed E-state index contributed by atoms with van der Waals surface area (Å²) in [6, 6.07) is 3.23. The zero-order valence-corrected chi connectivity index (χ0v) is 20.8. The molecule has 35 heavy (non-hydrogen) atoms. The third-order valence-corrected chi connectivity index (χ3v) is 4.75. The van der Waals surface area contributed by atoms with Gasteiger partial charge in [0.15, 0.2) is 11.5 Å². The molecule has 0 aliphatic carbocycles. The summed E-state index contributed by atoms with van der Waals surface area (Å²) < 4.78 is 25.0. The maximum Gasteiger partial charge on any atom is 0.513 e. The molecule has 0 fully saturated rings. The molecule has 11 heteroatoms. The molecule has 2 N–H and O–H groups in total. The van der Waals surface area contributed by atoms with E-state index in [4.69, 9.17) is 23.7 Å². The third-order valence-electron chi connectivity index (χ3n) is 4.75. The van der Waals surface area contributed by atoms with Gasteiger partial charge in [-0.3, -0.25) is 9.59 Å². The van der Waals surface area contributed by atoms with Gasteiger partial charge in [0, 0.05) is 6.54 Å². The Morgan fingerprint density at radius 1 is 0.943 bits per heavy atom. The van der Waals surface area contributed by atoms with E-state index in [9.17, 15) is 24.3 Å². The molecule has 0 saturated heterocycles. The number of ether oxygens (including phenoxy) is 5. The molecule has 1 rings (SSSR count). The van der Waals surface area contributed by atoms with Crippen molar-refractivity contribution < 1.29 is 48.0 Å². The van der Waals surface area contributed by atoms with Crippen LogP contribution in [0.15, 0.2) is 18.2 Å². The van der Waals surface area contributed by atoms with E-state index in [1.54, 1.807) is 27.7 Å². The Labute approximate surface area is 205 Å². The lowest BCUT2D eigenvalue weighted by Crippen LogP contribution is -2.43. The summed E-state index contributed by atoms with van der Waals surface area (Å²) in [5, 5.41) is 12.5. The number of esters is 1. The van der Waals surface area contributed by atoms with E-state index in [-0.39, 0.29) is 49.6 Å². The van der Waals surface area contributed by atoms with Crippen LogP contribution in [0.2, 0.25) is 0 Å². The Balaban J connectivity index is 2.92. The molecule has 3 atom stereocenters. The highest BCUT2D eigenvalue weighted by atomic mass is 16.7. The predicted molar refractivity (Wildman–Crippen MR) is 124 cm³/mol. The molecule has 0 amide bonds. The van der Waals surface area contributed by atoms with Crippen molar-refractivity contribution in [1.29, 1.82) is 0 Å². The van der Waals surface area contributed by atoms with Gasteiger partial charge in [-0.1, -0.05) is 26.3 Å². The zero-order chi connectivity index (χ0) is 26.4. The number of carbonyl (C=O) groups is 4. The van der Waals surface area contributed by atoms with Crippen LogP contribution in [0, 0.1) is 5.92 Å². The highest BCUT2D eigenvalue weighted by molar-refractivity contribution is 5.74. The Hall–Kier alpha value is -3.34. The van der Waals surface area contributed by atoms with E-state index in [1.807, 2.05) is 6.92 Å². The number of benzene rings is 1. The SMILES string of the molecule is CCCC(C)C(=O)OC(C)CN[C@@H](Cc1ccc(OC(=O)OCC)c(OC(=O)OCC)c1)C(=O)O. The van der Waals surface area contributed by atoms with Gasteiger partial charge in [-0.05, 0) is 51.3 Å². The summed E-state index contributed by atoms with van der Waals surface area (Å²) in [6.45, 7) is 8.92. The lowest BCUT2D eigenvalue weighted by Gasteiger charge is -2.20. The van der Waals surface area contributed by atoms with E-state index < -0.39 is 30.4 Å². The van der Waals surface area contributed by atoms with Gasteiger partial charge >= 0.3 is 24.2 Å². The Morgan fingerprint density at radius 3 is 2.09 bits per heavy atom. The summed E-state index contributed by atoms with van der Waals surface area (Å²) in [6.07, 6.45) is -0.971. The fourth-order valence-corrected chi connectivity index (χ4v) is 3.02. The molecule has 1 aromatic carbocycles. The maximum atomic E-state index is 12.1. The molecule has 0 spiro atoms. The van der Waals surface area contributed by atoms with E-state index in [2.05, 4.69) is 5.32 Å². The van der Waals surface area contributed by atoms with Gasteiger partial charge in [0.1, 0.15) is 12.1 Å². The van der Waals surface area contributed by atoms with Crippen LogP contribution in [0.4, 0.5) is 9.59 Å². The number of nitrogens with one attached hydrogen (secondary N) is 1. The largest absolute Gasteiger partial charge is 0.513 e. The smallest absolute Gasteiger partial charge is 0.480 e. The second-order valence-electron chi connectivity index (χ2n) is 7.79. The molecule has 2 unspecified atom stereocenters. The van der Waals surface area contributed by atoms with Crippen molar-refractivity contribution in [3.8, 4) is 11.5 Å². The zero-order valence-electron chi connectivity index (χ0n) is 20.8. The molecular formula is C24H35NO10. The molecule has 0 radical (unpaired) electrons. The van der Waals surface area contributed by atoms with Gasteiger partial charge in [0.25, 0.3) is 0 Å². The number of carbonyl (C=O) groups excluding carboxylic acids is 3. The molecule has 0 aromatic heterocycles. The van der Waals surface area contributed by atoms with Gasteiger partial charge in [-0.2, -0.15) is 0 Å². The number of hydrogen-bond donors (Lipinski definition) is 2. The number of carboxylic acids is 1. The molecule has 0 aliphatic heterocycles. The van der Waals surface area contributed by atoms with Crippen LogP contribution in [0.25, 0.3) is 0 Å². The van der Waals surface area contributed by atoms with Crippen molar-refractivity contribution >= 4 is 24.2 Å². The van der Waals surface area contributed by atoms with Crippen molar-refractivity contribution in [2.45, 2.75) is 66.0 Å². The molecule has 11 nitrogen and oxygen atoms in total. The van der Waals surface area contributed by atoms with Crippen molar-refractivity contribution in [2.75, 3.05) is 19.8 Å². The first-order valence-electron chi connectivity index (χ1n) is 11.6. The van der Waals surface area contributed by atoms with Crippen LogP contribution >= 0.6 is 0 Å². The predicted octanol–water partition coefficient (Wildman–Crippen LogP) is 3.71. The molecule has 0 aliphatic rings. The first-order chi connectivity index (χ1) is 16.6. The summed E-state index contributed by atoms with van der Waals surface area (Å²) in [5.74, 6) is -1.91. The summed E-state index contributed by atoms with van der Waals surface area (Å²) in [7, 11) is 0. The van der Waals surface area contributed by atoms with E-state index in [1.165, 1.54) is 18.2 Å². The Morgan fingerprint density at radius 2 is 1.54 bits per heavy atom. The molecule has 0 saturated carbocycles. The average molecular weight is 498 g/mol. The lowest BCUT2D eigenvalue weighted by atomic mass is 10.0. The summed E-state index contributed by atoms with van der Waals surface area (Å²) >= 11 is 0. The topological polar surface area (TPSA) is 147 Å².